The minimum Gasteiger partial charge on any atom is -0.285 e. The first-order valence-electron chi connectivity index (χ1n) is 2.76. The van der Waals surface area contributed by atoms with Gasteiger partial charge in [-0.3, -0.25) is 4.79 Å². The predicted octanol–water partition coefficient (Wildman–Crippen LogP) is 1.59. The molecule has 65 valence electrons. The highest BCUT2D eigenvalue weighted by molar-refractivity contribution is 7.98. The summed E-state index contributed by atoms with van der Waals surface area (Å²) in [6, 6.07) is 0. The van der Waals surface area contributed by atoms with Crippen LogP contribution in [0.2, 0.25) is 0 Å². The van der Waals surface area contributed by atoms with Gasteiger partial charge in [0.05, 0.1) is 5.34 Å². The van der Waals surface area contributed by atoms with Crippen LogP contribution >= 0.6 is 11.8 Å². The Kier molecular flexibility index (Phi) is 4.51. The van der Waals surface area contributed by atoms with Crippen molar-refractivity contribution in [1.29, 1.82) is 0 Å². The molecule has 6 heteroatoms. The Labute approximate surface area is 66.6 Å². The second-order valence-corrected chi connectivity index (χ2v) is 2.82. The summed E-state index contributed by atoms with van der Waals surface area (Å²) in [5.74, 6) is -3.08. The first-order valence-corrected chi connectivity index (χ1v) is 4.15. The summed E-state index contributed by atoms with van der Waals surface area (Å²) in [6.45, 7) is 0. The minimum absolute atomic E-state index is 0.149. The van der Waals surface area contributed by atoms with Crippen molar-refractivity contribution in [2.24, 2.45) is 0 Å². The third-order valence-corrected chi connectivity index (χ3v) is 1.67. The maximum atomic E-state index is 12.6. The Bertz CT molecular complexity index is 135. The molecule has 1 unspecified atom stereocenters. The van der Waals surface area contributed by atoms with Crippen molar-refractivity contribution < 1.29 is 18.1 Å². The van der Waals surface area contributed by atoms with E-state index in [2.05, 4.69) is 0 Å². The van der Waals surface area contributed by atoms with E-state index >= 15 is 0 Å². The zero-order chi connectivity index (χ0) is 8.91. The summed E-state index contributed by atoms with van der Waals surface area (Å²) in [5, 5.41) is -1.75. The van der Waals surface area contributed by atoms with Crippen LogP contribution in [0.4, 0.5) is 13.4 Å². The zero-order valence-corrected chi connectivity index (χ0v) is 6.63. The molecule has 0 spiro atoms. The van der Waals surface area contributed by atoms with E-state index in [0.717, 1.165) is 0 Å². The molecular weight excluding hydrogens is 179 g/mol. The van der Waals surface area contributed by atoms with Crippen LogP contribution in [-0.2, 0) is 4.79 Å². The van der Waals surface area contributed by atoms with E-state index in [1.54, 1.807) is 6.26 Å². The Morgan fingerprint density at radius 3 is 2.45 bits per heavy atom. The van der Waals surface area contributed by atoms with Gasteiger partial charge in [0.15, 0.2) is 0 Å². The standard InChI is InChI=1S/C5H7F3NOS/c1-11-3-2-5(6,4-10)9(7)8/h2-3H2,1H3. The minimum atomic E-state index is -3.23. The summed E-state index contributed by atoms with van der Waals surface area (Å²) < 4.78 is 35.8. The number of carbonyl (C=O) groups excluding carboxylic acids is 1. The van der Waals surface area contributed by atoms with Gasteiger partial charge in [-0.25, -0.2) is 4.39 Å². The largest absolute Gasteiger partial charge is 0.287 e. The average Bonchev–Trinajstić information content (AvgIpc) is 2.00. The fourth-order valence-corrected chi connectivity index (χ4v) is 0.882. The molecule has 0 aliphatic rings. The van der Waals surface area contributed by atoms with Crippen LogP contribution in [0.5, 0.6) is 0 Å². The molecule has 11 heavy (non-hydrogen) atoms. The molecule has 0 rings (SSSR count). The molecule has 0 aliphatic heterocycles. The molecule has 0 amide bonds. The monoisotopic (exact) mass is 186 g/mol. The number of nitrogens with zero attached hydrogens (tertiary/aromatic N) is 1. The van der Waals surface area contributed by atoms with Gasteiger partial charge in [0.1, 0.15) is 0 Å². The molecule has 0 heterocycles. The predicted molar refractivity (Wildman–Crippen MR) is 36.6 cm³/mol. The Balaban J connectivity index is 3.99. The van der Waals surface area contributed by atoms with E-state index in [4.69, 9.17) is 0 Å². The molecule has 0 aromatic heterocycles. The summed E-state index contributed by atoms with van der Waals surface area (Å²) >= 11 is 1.18. The van der Waals surface area contributed by atoms with Crippen molar-refractivity contribution in [1.82, 2.24) is 5.34 Å². The molecule has 0 bridgehead atoms. The Morgan fingerprint density at radius 1 is 1.64 bits per heavy atom. The summed E-state index contributed by atoms with van der Waals surface area (Å²) in [6.07, 6.45) is 1.74. The van der Waals surface area contributed by atoms with Crippen LogP contribution in [-0.4, -0.2) is 29.4 Å². The van der Waals surface area contributed by atoms with Crippen LogP contribution in [0.3, 0.4) is 0 Å². The van der Waals surface area contributed by atoms with E-state index in [9.17, 15) is 18.1 Å². The summed E-state index contributed by atoms with van der Waals surface area (Å²) in [5.41, 5.74) is 0. The number of alkyl halides is 1. The molecule has 0 aromatic carbocycles. The first kappa shape index (κ1) is 10.8. The van der Waals surface area contributed by atoms with Gasteiger partial charge in [-0.2, -0.15) is 11.8 Å². The fraction of sp³-hybridized carbons (Fsp3) is 0.800. The van der Waals surface area contributed by atoms with E-state index in [1.807, 2.05) is 0 Å². The van der Waals surface area contributed by atoms with Crippen molar-refractivity contribution in [3.8, 4) is 0 Å². The van der Waals surface area contributed by atoms with Gasteiger partial charge >= 0.3 is 0 Å². The van der Waals surface area contributed by atoms with E-state index < -0.39 is 17.6 Å². The topological polar surface area (TPSA) is 20.3 Å². The van der Waals surface area contributed by atoms with Gasteiger partial charge in [-0.15, -0.1) is 0 Å². The Morgan fingerprint density at radius 2 is 2.18 bits per heavy atom. The number of hydrogen-bond acceptors (Lipinski definition) is 3. The van der Waals surface area contributed by atoms with Gasteiger partial charge in [0.25, 0.3) is 12.1 Å². The van der Waals surface area contributed by atoms with Gasteiger partial charge < -0.3 is 0 Å². The van der Waals surface area contributed by atoms with Crippen LogP contribution in [0.25, 0.3) is 0 Å². The molecule has 0 aliphatic carbocycles. The lowest BCUT2D eigenvalue weighted by Crippen LogP contribution is -2.36. The van der Waals surface area contributed by atoms with Crippen molar-refractivity contribution in [2.75, 3.05) is 12.0 Å². The molecule has 0 saturated carbocycles. The first-order chi connectivity index (χ1) is 5.06. The van der Waals surface area contributed by atoms with Gasteiger partial charge in [0, 0.05) is 6.42 Å². The van der Waals surface area contributed by atoms with Gasteiger partial charge in [-0.1, -0.05) is 8.96 Å². The van der Waals surface area contributed by atoms with Crippen molar-refractivity contribution in [3.63, 3.8) is 0 Å². The maximum absolute atomic E-state index is 12.6. The summed E-state index contributed by atoms with van der Waals surface area (Å²) in [7, 11) is 0. The van der Waals surface area contributed by atoms with Crippen LogP contribution < -0.4 is 0 Å². The highest BCUT2D eigenvalue weighted by atomic mass is 32.2. The van der Waals surface area contributed by atoms with Crippen LogP contribution in [0.1, 0.15) is 6.42 Å². The van der Waals surface area contributed by atoms with Crippen molar-refractivity contribution in [2.45, 2.75) is 12.2 Å². The SMILES string of the molecule is CSCCC(F)([C]=O)N(F)F. The van der Waals surface area contributed by atoms with Crippen molar-refractivity contribution >= 4 is 18.0 Å². The molecule has 0 N–H and O–H groups in total. The highest BCUT2D eigenvalue weighted by Gasteiger charge is 2.39. The fourth-order valence-electron chi connectivity index (χ4n) is 0.407. The number of thioether (sulfide) groups is 1. The molecular formula is C5H7F3NOS. The second-order valence-electron chi connectivity index (χ2n) is 1.84. The van der Waals surface area contributed by atoms with E-state index in [0.29, 0.717) is 6.29 Å². The summed E-state index contributed by atoms with van der Waals surface area (Å²) in [4.78, 5) is 9.74. The molecule has 0 saturated heterocycles. The molecule has 2 nitrogen and oxygen atoms in total. The lowest BCUT2D eigenvalue weighted by Gasteiger charge is -2.15. The quantitative estimate of drug-likeness (QED) is 0.480. The number of rotatable bonds is 5. The maximum Gasteiger partial charge on any atom is 0.287 e. The normalized spacial score (nSPS) is 16.5. The third-order valence-electron chi connectivity index (χ3n) is 1.06. The smallest absolute Gasteiger partial charge is 0.285 e. The lowest BCUT2D eigenvalue weighted by molar-refractivity contribution is -0.250. The zero-order valence-electron chi connectivity index (χ0n) is 5.81. The van der Waals surface area contributed by atoms with Crippen LogP contribution in [0.15, 0.2) is 0 Å². The highest BCUT2D eigenvalue weighted by Crippen LogP contribution is 2.21. The molecule has 1 radical (unpaired) electrons. The number of hydrogen-bond donors (Lipinski definition) is 0. The molecule has 0 fully saturated rings. The number of halogens is 3. The average molecular weight is 186 g/mol. The lowest BCUT2D eigenvalue weighted by atomic mass is 10.2. The third kappa shape index (κ3) is 3.11. The molecule has 1 atom stereocenters. The Hall–Kier alpha value is -0.230. The van der Waals surface area contributed by atoms with Gasteiger partial charge in [0.2, 0.25) is 0 Å². The van der Waals surface area contributed by atoms with E-state index in [-0.39, 0.29) is 5.75 Å². The molecule has 0 aromatic rings. The van der Waals surface area contributed by atoms with Crippen LogP contribution in [0, 0.1) is 0 Å². The second kappa shape index (κ2) is 4.61. The van der Waals surface area contributed by atoms with E-state index in [1.165, 1.54) is 11.8 Å². The van der Waals surface area contributed by atoms with Crippen molar-refractivity contribution in [3.05, 3.63) is 0 Å². The van der Waals surface area contributed by atoms with Gasteiger partial charge in [-0.05, 0) is 12.0 Å².